The van der Waals surface area contributed by atoms with Crippen molar-refractivity contribution in [1.29, 1.82) is 0 Å². The van der Waals surface area contributed by atoms with Crippen LogP contribution in [-0.4, -0.2) is 55.3 Å². The van der Waals surface area contributed by atoms with Gasteiger partial charge < -0.3 is 14.2 Å². The Labute approximate surface area is 160 Å². The van der Waals surface area contributed by atoms with E-state index in [0.29, 0.717) is 18.7 Å². The minimum Gasteiger partial charge on any atom is -0.444 e. The molecule has 2 rings (SSSR count). The van der Waals surface area contributed by atoms with Gasteiger partial charge in [0.1, 0.15) is 5.60 Å². The molecule has 27 heavy (non-hydrogen) atoms. The van der Waals surface area contributed by atoms with Crippen molar-refractivity contribution in [3.8, 4) is 0 Å². The maximum absolute atomic E-state index is 12.6. The number of hydrogen-bond acceptors (Lipinski definition) is 5. The highest BCUT2D eigenvalue weighted by molar-refractivity contribution is 5.69. The van der Waals surface area contributed by atoms with Gasteiger partial charge >= 0.3 is 11.8 Å². The maximum Gasteiger partial charge on any atom is 0.410 e. The molecular formula is C19H32N4O4. The smallest absolute Gasteiger partial charge is 0.410 e. The molecule has 3 unspecified atom stereocenters. The first-order valence-electron chi connectivity index (χ1n) is 9.34. The molecule has 1 aromatic heterocycles. The molecule has 1 amide bonds. The summed E-state index contributed by atoms with van der Waals surface area (Å²) in [4.78, 5) is 40.9. The first kappa shape index (κ1) is 21.2. The van der Waals surface area contributed by atoms with Crippen LogP contribution >= 0.6 is 0 Å². The first-order valence-corrected chi connectivity index (χ1v) is 9.34. The van der Waals surface area contributed by atoms with Crippen molar-refractivity contribution < 1.29 is 9.53 Å². The van der Waals surface area contributed by atoms with Crippen LogP contribution in [0.2, 0.25) is 0 Å². The highest BCUT2D eigenvalue weighted by Gasteiger charge is 2.39. The average Bonchev–Trinajstić information content (AvgIpc) is 2.55. The average molecular weight is 380 g/mol. The van der Waals surface area contributed by atoms with Gasteiger partial charge in [-0.1, -0.05) is 0 Å². The van der Waals surface area contributed by atoms with Crippen molar-refractivity contribution in [2.75, 3.05) is 6.54 Å². The predicted molar refractivity (Wildman–Crippen MR) is 104 cm³/mol. The topological polar surface area (TPSA) is 76.8 Å². The van der Waals surface area contributed by atoms with Gasteiger partial charge in [-0.3, -0.25) is 14.3 Å². The molecular weight excluding hydrogens is 348 g/mol. The van der Waals surface area contributed by atoms with Gasteiger partial charge in [0.15, 0.2) is 0 Å². The number of aryl methyl sites for hydroxylation is 1. The van der Waals surface area contributed by atoms with Gasteiger partial charge in [-0.05, 0) is 41.5 Å². The number of aromatic nitrogens is 2. The van der Waals surface area contributed by atoms with Crippen molar-refractivity contribution in [3.05, 3.63) is 32.6 Å². The van der Waals surface area contributed by atoms with Crippen LogP contribution in [0.15, 0.2) is 15.8 Å². The Hall–Kier alpha value is -2.09. The van der Waals surface area contributed by atoms with Gasteiger partial charge in [0.25, 0.3) is 5.56 Å². The summed E-state index contributed by atoms with van der Waals surface area (Å²) in [6, 6.07) is 0.0151. The number of amides is 1. The molecule has 0 spiro atoms. The number of piperazine rings is 1. The summed E-state index contributed by atoms with van der Waals surface area (Å²) in [5.74, 6) is 0. The largest absolute Gasteiger partial charge is 0.444 e. The molecule has 0 bridgehead atoms. The quantitative estimate of drug-likeness (QED) is 0.773. The summed E-state index contributed by atoms with van der Waals surface area (Å²) in [6.45, 7) is 12.6. The van der Waals surface area contributed by atoms with E-state index >= 15 is 0 Å². The number of hydrogen-bond donors (Lipinski definition) is 0. The Balaban J connectivity index is 2.24. The third-order valence-electron chi connectivity index (χ3n) is 5.24. The standard InChI is InChI=1S/C19H32N4O4/c1-12-9-23(18(26)27-19(4,5)6)14(3)13(2)22(12)11-15-10-20(7)17(25)21(8)16(15)24/h10,12-14H,9,11H2,1-8H3. The Kier molecular flexibility index (Phi) is 5.89. The highest BCUT2D eigenvalue weighted by Crippen LogP contribution is 2.25. The fourth-order valence-electron chi connectivity index (χ4n) is 3.54. The van der Waals surface area contributed by atoms with Crippen molar-refractivity contribution >= 4 is 6.09 Å². The fraction of sp³-hybridized carbons (Fsp3) is 0.737. The number of nitrogens with zero attached hydrogens (tertiary/aromatic N) is 4. The minimum absolute atomic E-state index is 0.0307. The summed E-state index contributed by atoms with van der Waals surface area (Å²) < 4.78 is 8.09. The van der Waals surface area contributed by atoms with E-state index in [1.807, 2.05) is 41.5 Å². The summed E-state index contributed by atoms with van der Waals surface area (Å²) in [6.07, 6.45) is 1.29. The molecule has 0 N–H and O–H groups in total. The predicted octanol–water partition coefficient (Wildman–Crippen LogP) is 1.30. The summed E-state index contributed by atoms with van der Waals surface area (Å²) in [5, 5.41) is 0. The van der Waals surface area contributed by atoms with Crippen LogP contribution in [0.4, 0.5) is 4.79 Å². The Morgan fingerprint density at radius 3 is 2.30 bits per heavy atom. The molecule has 152 valence electrons. The van der Waals surface area contributed by atoms with Gasteiger partial charge in [0.05, 0.1) is 0 Å². The molecule has 0 aliphatic carbocycles. The van der Waals surface area contributed by atoms with E-state index in [4.69, 9.17) is 4.74 Å². The van der Waals surface area contributed by atoms with Crippen LogP contribution in [-0.2, 0) is 25.4 Å². The van der Waals surface area contributed by atoms with E-state index in [9.17, 15) is 14.4 Å². The molecule has 1 aliphatic heterocycles. The van der Waals surface area contributed by atoms with E-state index in [1.165, 1.54) is 11.6 Å². The van der Waals surface area contributed by atoms with Gasteiger partial charge in [0, 0.05) is 57.1 Å². The zero-order valence-corrected chi connectivity index (χ0v) is 17.6. The van der Waals surface area contributed by atoms with E-state index in [0.717, 1.165) is 4.57 Å². The SMILES string of the molecule is CC1C(C)N(Cc2cn(C)c(=O)n(C)c2=O)C(C)CN1C(=O)OC(C)(C)C. The molecule has 0 radical (unpaired) electrons. The van der Waals surface area contributed by atoms with Crippen LogP contribution in [0.1, 0.15) is 47.1 Å². The lowest BCUT2D eigenvalue weighted by Crippen LogP contribution is -2.63. The molecule has 0 aromatic carbocycles. The van der Waals surface area contributed by atoms with Gasteiger partial charge in [-0.2, -0.15) is 0 Å². The molecule has 3 atom stereocenters. The second kappa shape index (κ2) is 7.50. The number of rotatable bonds is 2. The van der Waals surface area contributed by atoms with E-state index in [2.05, 4.69) is 4.90 Å². The monoisotopic (exact) mass is 380 g/mol. The maximum atomic E-state index is 12.6. The van der Waals surface area contributed by atoms with E-state index in [1.54, 1.807) is 18.1 Å². The lowest BCUT2D eigenvalue weighted by atomic mass is 10.00. The number of carbonyl (C=O) groups excluding carboxylic acids is 1. The number of ether oxygens (including phenoxy) is 1. The van der Waals surface area contributed by atoms with Crippen molar-refractivity contribution in [1.82, 2.24) is 18.9 Å². The molecule has 8 heteroatoms. The van der Waals surface area contributed by atoms with Gasteiger partial charge in [-0.15, -0.1) is 0 Å². The molecule has 8 nitrogen and oxygen atoms in total. The summed E-state index contributed by atoms with van der Waals surface area (Å²) >= 11 is 0. The van der Waals surface area contributed by atoms with Gasteiger partial charge in [0.2, 0.25) is 0 Å². The normalized spacial score (nSPS) is 24.1. The lowest BCUT2D eigenvalue weighted by molar-refractivity contribution is -0.0324. The first-order chi connectivity index (χ1) is 12.3. The lowest BCUT2D eigenvalue weighted by Gasteiger charge is -2.48. The van der Waals surface area contributed by atoms with Crippen LogP contribution in [0, 0.1) is 0 Å². The molecule has 1 aromatic rings. The molecule has 1 saturated heterocycles. The Morgan fingerprint density at radius 1 is 1.15 bits per heavy atom. The van der Waals surface area contributed by atoms with Crippen LogP contribution < -0.4 is 11.2 Å². The van der Waals surface area contributed by atoms with Gasteiger partial charge in [-0.25, -0.2) is 9.59 Å². The summed E-state index contributed by atoms with van der Waals surface area (Å²) in [7, 11) is 3.13. The zero-order chi connectivity index (χ0) is 20.7. The van der Waals surface area contributed by atoms with E-state index in [-0.39, 0.29) is 35.5 Å². The van der Waals surface area contributed by atoms with Crippen LogP contribution in [0.3, 0.4) is 0 Å². The zero-order valence-electron chi connectivity index (χ0n) is 17.6. The second-order valence-corrected chi connectivity index (χ2v) is 8.55. The van der Waals surface area contributed by atoms with Crippen molar-refractivity contribution in [3.63, 3.8) is 0 Å². The summed E-state index contributed by atoms with van der Waals surface area (Å²) in [5.41, 5.74) is -0.592. The molecule has 0 saturated carbocycles. The fourth-order valence-corrected chi connectivity index (χ4v) is 3.54. The highest BCUT2D eigenvalue weighted by atomic mass is 16.6. The molecule has 2 heterocycles. The van der Waals surface area contributed by atoms with Crippen LogP contribution in [0.25, 0.3) is 0 Å². The van der Waals surface area contributed by atoms with Crippen LogP contribution in [0.5, 0.6) is 0 Å². The Morgan fingerprint density at radius 2 is 1.74 bits per heavy atom. The minimum atomic E-state index is -0.540. The number of carbonyl (C=O) groups is 1. The Bertz CT molecular complexity index is 820. The molecule has 1 fully saturated rings. The third kappa shape index (κ3) is 4.43. The van der Waals surface area contributed by atoms with Crippen molar-refractivity contribution in [2.24, 2.45) is 14.1 Å². The van der Waals surface area contributed by atoms with Crippen molar-refractivity contribution in [2.45, 2.75) is 71.8 Å². The molecule has 1 aliphatic rings. The second-order valence-electron chi connectivity index (χ2n) is 8.55. The third-order valence-corrected chi connectivity index (χ3v) is 5.24. The van der Waals surface area contributed by atoms with E-state index < -0.39 is 5.60 Å².